The van der Waals surface area contributed by atoms with E-state index < -0.39 is 11.3 Å². The molecule has 0 bridgehead atoms. The van der Waals surface area contributed by atoms with E-state index in [2.05, 4.69) is 32.1 Å². The molecule has 26 heavy (non-hydrogen) atoms. The molecule has 4 atom stereocenters. The maximum Gasteiger partial charge on any atom is 0.203 e. The van der Waals surface area contributed by atoms with Crippen LogP contribution in [0.4, 0.5) is 0 Å². The molecular weight excluding hydrogens is 322 g/mol. The van der Waals surface area contributed by atoms with E-state index in [1.807, 2.05) is 36.4 Å². The molecule has 0 aromatic heterocycles. The van der Waals surface area contributed by atoms with Crippen LogP contribution in [-0.4, -0.2) is 24.8 Å². The Morgan fingerprint density at radius 2 is 1.81 bits per heavy atom. The number of hydrogen-bond acceptors (Lipinski definition) is 4. The predicted octanol–water partition coefficient (Wildman–Crippen LogP) is 1.83. The SMILES string of the molecule is CC(C)[NH+]1CC=C2[C@@H](C1)[C@H](c1ccccc1)[C@H](C#N)C(=N)C2(C#N)C#N. The van der Waals surface area contributed by atoms with Crippen molar-refractivity contribution < 1.29 is 4.90 Å². The van der Waals surface area contributed by atoms with Crippen molar-refractivity contribution in [1.29, 1.82) is 21.2 Å². The smallest absolute Gasteiger partial charge is 0.203 e. The zero-order valence-corrected chi connectivity index (χ0v) is 15.0. The zero-order chi connectivity index (χ0) is 18.9. The zero-order valence-electron chi connectivity index (χ0n) is 15.0. The summed E-state index contributed by atoms with van der Waals surface area (Å²) in [5.41, 5.74) is 0.0274. The summed E-state index contributed by atoms with van der Waals surface area (Å²) in [6.45, 7) is 5.81. The highest BCUT2D eigenvalue weighted by Crippen LogP contribution is 2.51. The fourth-order valence-electron chi connectivity index (χ4n) is 4.41. The molecule has 1 aliphatic heterocycles. The summed E-state index contributed by atoms with van der Waals surface area (Å²) in [6.07, 6.45) is 1.98. The molecule has 1 fully saturated rings. The largest absolute Gasteiger partial charge is 0.329 e. The van der Waals surface area contributed by atoms with Crippen LogP contribution in [-0.2, 0) is 0 Å². The fourth-order valence-corrected chi connectivity index (χ4v) is 4.41. The first-order valence-corrected chi connectivity index (χ1v) is 8.91. The maximum absolute atomic E-state index is 9.85. The molecule has 130 valence electrons. The van der Waals surface area contributed by atoms with Gasteiger partial charge in [0.25, 0.3) is 0 Å². The van der Waals surface area contributed by atoms with Crippen LogP contribution in [0.5, 0.6) is 0 Å². The van der Waals surface area contributed by atoms with Gasteiger partial charge in [-0.25, -0.2) is 0 Å². The molecule has 3 rings (SSSR count). The van der Waals surface area contributed by atoms with Gasteiger partial charge in [-0.05, 0) is 31.1 Å². The Hall–Kier alpha value is -2.94. The van der Waals surface area contributed by atoms with E-state index >= 15 is 0 Å². The number of nitrogens with zero attached hydrogens (tertiary/aromatic N) is 3. The van der Waals surface area contributed by atoms with E-state index in [-0.39, 0.29) is 17.5 Å². The van der Waals surface area contributed by atoms with Crippen LogP contribution in [0.1, 0.15) is 25.3 Å². The molecule has 0 amide bonds. The summed E-state index contributed by atoms with van der Waals surface area (Å²) in [4.78, 5) is 1.37. The average Bonchev–Trinajstić information content (AvgIpc) is 2.67. The van der Waals surface area contributed by atoms with Gasteiger partial charge in [-0.15, -0.1) is 0 Å². The third-order valence-electron chi connectivity index (χ3n) is 5.88. The van der Waals surface area contributed by atoms with Crippen LogP contribution >= 0.6 is 0 Å². The second kappa shape index (κ2) is 6.75. The standard InChI is InChI=1S/C21H21N5/c1-14(2)26-9-8-18-17(11-26)19(15-6-4-3-5-7-15)16(10-22)20(25)21(18,12-23)13-24/h3-8,14,16-17,19,25H,9,11H2,1-2H3/p+1/t16-,17+,19+/m0/s1. The lowest BCUT2D eigenvalue weighted by atomic mass is 9.55. The van der Waals surface area contributed by atoms with Crippen LogP contribution in [0.15, 0.2) is 42.0 Å². The molecule has 1 aliphatic carbocycles. The molecule has 5 nitrogen and oxygen atoms in total. The van der Waals surface area contributed by atoms with Crippen molar-refractivity contribution in [3.63, 3.8) is 0 Å². The quantitative estimate of drug-likeness (QED) is 0.800. The van der Waals surface area contributed by atoms with E-state index in [1.54, 1.807) is 0 Å². The number of benzene rings is 1. The van der Waals surface area contributed by atoms with Crippen molar-refractivity contribution in [2.24, 2.45) is 17.3 Å². The first kappa shape index (κ1) is 17.9. The Balaban J connectivity index is 2.21. The second-order valence-electron chi connectivity index (χ2n) is 7.42. The Labute approximate surface area is 154 Å². The number of hydrogen-bond donors (Lipinski definition) is 2. The predicted molar refractivity (Wildman–Crippen MR) is 97.1 cm³/mol. The molecule has 1 unspecified atom stereocenters. The first-order valence-electron chi connectivity index (χ1n) is 8.91. The van der Waals surface area contributed by atoms with Crippen LogP contribution in [0.3, 0.4) is 0 Å². The number of quaternary nitrogens is 1. The van der Waals surface area contributed by atoms with E-state index in [0.29, 0.717) is 6.04 Å². The summed E-state index contributed by atoms with van der Waals surface area (Å²) in [5, 5.41) is 38.1. The monoisotopic (exact) mass is 344 g/mol. The van der Waals surface area contributed by atoms with Gasteiger partial charge in [0.1, 0.15) is 0 Å². The number of fused-ring (bicyclic) bond motifs is 1. The molecule has 0 saturated heterocycles. The summed E-state index contributed by atoms with van der Waals surface area (Å²) < 4.78 is 0. The molecule has 0 spiro atoms. The molecule has 1 saturated carbocycles. The third kappa shape index (κ3) is 2.51. The highest BCUT2D eigenvalue weighted by atomic mass is 15.2. The van der Waals surface area contributed by atoms with Gasteiger partial charge in [-0.1, -0.05) is 30.3 Å². The first-order chi connectivity index (χ1) is 12.5. The van der Waals surface area contributed by atoms with Crippen LogP contribution in [0.25, 0.3) is 0 Å². The molecule has 2 N–H and O–H groups in total. The Kier molecular flexibility index (Phi) is 4.64. The van der Waals surface area contributed by atoms with Crippen molar-refractivity contribution in [2.45, 2.75) is 25.8 Å². The Bertz CT molecular complexity index is 848. The van der Waals surface area contributed by atoms with Gasteiger partial charge < -0.3 is 10.3 Å². The second-order valence-corrected chi connectivity index (χ2v) is 7.42. The molecule has 2 aliphatic rings. The molecule has 0 radical (unpaired) electrons. The molecule has 1 heterocycles. The van der Waals surface area contributed by atoms with Crippen molar-refractivity contribution in [3.8, 4) is 18.2 Å². The summed E-state index contributed by atoms with van der Waals surface area (Å²) in [5.74, 6) is -1.07. The van der Waals surface area contributed by atoms with E-state index in [0.717, 1.165) is 24.2 Å². The topological polar surface area (TPSA) is 99.7 Å². The maximum atomic E-state index is 9.85. The van der Waals surface area contributed by atoms with Gasteiger partial charge in [-0.3, -0.25) is 0 Å². The Morgan fingerprint density at radius 1 is 1.15 bits per heavy atom. The Morgan fingerprint density at radius 3 is 2.35 bits per heavy atom. The highest BCUT2D eigenvalue weighted by molar-refractivity contribution is 6.01. The van der Waals surface area contributed by atoms with E-state index in [1.165, 1.54) is 4.90 Å². The lowest BCUT2D eigenvalue weighted by Gasteiger charge is -2.46. The molecule has 1 aromatic rings. The van der Waals surface area contributed by atoms with Gasteiger partial charge in [-0.2, -0.15) is 15.8 Å². The number of nitriles is 3. The van der Waals surface area contributed by atoms with Crippen LogP contribution < -0.4 is 4.90 Å². The van der Waals surface area contributed by atoms with Crippen molar-refractivity contribution in [3.05, 3.63) is 47.5 Å². The minimum absolute atomic E-state index is 0.0747. The highest BCUT2D eigenvalue weighted by Gasteiger charge is 2.57. The lowest BCUT2D eigenvalue weighted by molar-refractivity contribution is -0.920. The average molecular weight is 344 g/mol. The molecular formula is C21H22N5+. The minimum atomic E-state index is -1.61. The van der Waals surface area contributed by atoms with Gasteiger partial charge in [0.15, 0.2) is 0 Å². The van der Waals surface area contributed by atoms with Crippen molar-refractivity contribution >= 4 is 5.71 Å². The fraction of sp³-hybridized carbons (Fsp3) is 0.429. The van der Waals surface area contributed by atoms with E-state index in [4.69, 9.17) is 5.41 Å². The van der Waals surface area contributed by atoms with Gasteiger partial charge in [0, 0.05) is 11.8 Å². The lowest BCUT2D eigenvalue weighted by Crippen LogP contribution is -3.16. The normalized spacial score (nSPS) is 29.7. The van der Waals surface area contributed by atoms with Gasteiger partial charge >= 0.3 is 0 Å². The van der Waals surface area contributed by atoms with Crippen LogP contribution in [0, 0.1) is 56.7 Å². The number of nitrogens with one attached hydrogen (secondary N) is 2. The minimum Gasteiger partial charge on any atom is -0.329 e. The summed E-state index contributed by atoms with van der Waals surface area (Å²) in [7, 11) is 0. The van der Waals surface area contributed by atoms with Crippen LogP contribution in [0.2, 0.25) is 0 Å². The summed E-state index contributed by atoms with van der Waals surface area (Å²) >= 11 is 0. The molecule has 1 aromatic carbocycles. The molecule has 5 heteroatoms. The van der Waals surface area contributed by atoms with Gasteiger partial charge in [0.2, 0.25) is 5.41 Å². The number of rotatable bonds is 2. The van der Waals surface area contributed by atoms with E-state index in [9.17, 15) is 15.8 Å². The van der Waals surface area contributed by atoms with Crippen molar-refractivity contribution in [1.82, 2.24) is 0 Å². The third-order valence-corrected chi connectivity index (χ3v) is 5.88. The van der Waals surface area contributed by atoms with Gasteiger partial charge in [0.05, 0.1) is 49.0 Å². The van der Waals surface area contributed by atoms with Crippen molar-refractivity contribution in [2.75, 3.05) is 13.1 Å². The summed E-state index contributed by atoms with van der Waals surface area (Å²) in [6, 6.07) is 16.6.